The monoisotopic (exact) mass is 496 g/mol. The van der Waals surface area contributed by atoms with Crippen molar-refractivity contribution in [3.63, 3.8) is 0 Å². The number of esters is 1. The molecule has 0 fully saturated rings. The van der Waals surface area contributed by atoms with Crippen LogP contribution in [-0.4, -0.2) is 55.6 Å². The number of rotatable bonds is 10. The molecule has 0 bridgehead atoms. The summed E-state index contributed by atoms with van der Waals surface area (Å²) in [5.74, 6) is -0.519. The van der Waals surface area contributed by atoms with Crippen molar-refractivity contribution in [2.45, 2.75) is 44.5 Å². The first-order valence-electron chi connectivity index (χ1n) is 11.2. The molecule has 2 amide bonds. The number of imidazole rings is 1. The van der Waals surface area contributed by atoms with Crippen LogP contribution in [0, 0.1) is 10.1 Å². The Labute approximate surface area is 205 Å². The van der Waals surface area contributed by atoms with E-state index in [2.05, 4.69) is 4.98 Å². The van der Waals surface area contributed by atoms with E-state index in [0.29, 0.717) is 45.9 Å². The van der Waals surface area contributed by atoms with Gasteiger partial charge in [0.2, 0.25) is 0 Å². The second-order valence-electron chi connectivity index (χ2n) is 8.13. The van der Waals surface area contributed by atoms with Gasteiger partial charge in [0.05, 0.1) is 33.2 Å². The van der Waals surface area contributed by atoms with Gasteiger partial charge in [0.1, 0.15) is 6.54 Å². The summed E-state index contributed by atoms with van der Waals surface area (Å²) < 4.78 is 7.08. The number of non-ortho nitro benzene ring substituents is 1. The first kappa shape index (κ1) is 24.4. The summed E-state index contributed by atoms with van der Waals surface area (Å²) in [7, 11) is 0. The number of ether oxygens (including phenoxy) is 1. The number of fused-ring (bicyclic) bond motifs is 2. The predicted molar refractivity (Wildman–Crippen MR) is 129 cm³/mol. The van der Waals surface area contributed by atoms with E-state index in [-0.39, 0.29) is 36.7 Å². The highest BCUT2D eigenvalue weighted by atomic mass is 32.2. The van der Waals surface area contributed by atoms with Crippen LogP contribution < -0.4 is 0 Å². The van der Waals surface area contributed by atoms with Gasteiger partial charge in [0, 0.05) is 24.4 Å². The third kappa shape index (κ3) is 5.04. The molecule has 1 aliphatic heterocycles. The maximum atomic E-state index is 12.5. The Hall–Kier alpha value is -3.73. The highest BCUT2D eigenvalue weighted by molar-refractivity contribution is 7.99. The fourth-order valence-electron chi connectivity index (χ4n) is 3.78. The second kappa shape index (κ2) is 10.3. The molecule has 0 saturated heterocycles. The molecule has 1 unspecified atom stereocenters. The largest absolute Gasteiger partial charge is 0.461 e. The summed E-state index contributed by atoms with van der Waals surface area (Å²) in [6.45, 7) is 3.89. The summed E-state index contributed by atoms with van der Waals surface area (Å²) >= 11 is 1.35. The number of nitrogens with zero attached hydrogens (tertiary/aromatic N) is 4. The Morgan fingerprint density at radius 3 is 2.49 bits per heavy atom. The lowest BCUT2D eigenvalue weighted by Crippen LogP contribution is -2.31. The maximum absolute atomic E-state index is 12.5. The molecule has 182 valence electrons. The number of amides is 2. The summed E-state index contributed by atoms with van der Waals surface area (Å²) in [5, 5.41) is 11.7. The molecule has 3 aromatic rings. The smallest absolute Gasteiger partial charge is 0.326 e. The molecule has 0 spiro atoms. The van der Waals surface area contributed by atoms with E-state index in [4.69, 9.17) is 4.74 Å². The van der Waals surface area contributed by atoms with Crippen LogP contribution in [0.25, 0.3) is 11.0 Å². The average Bonchev–Trinajstić information content (AvgIpc) is 3.30. The van der Waals surface area contributed by atoms with Crippen molar-refractivity contribution in [1.29, 1.82) is 0 Å². The Balaban J connectivity index is 1.47. The van der Waals surface area contributed by atoms with Gasteiger partial charge in [-0.1, -0.05) is 30.8 Å². The highest BCUT2D eigenvalue weighted by Crippen LogP contribution is 2.28. The molecule has 0 aliphatic carbocycles. The zero-order valence-electron chi connectivity index (χ0n) is 19.3. The van der Waals surface area contributed by atoms with Crippen LogP contribution in [0.4, 0.5) is 5.69 Å². The third-order valence-corrected chi connectivity index (χ3v) is 6.80. The Kier molecular flexibility index (Phi) is 7.15. The molecule has 35 heavy (non-hydrogen) atoms. The van der Waals surface area contributed by atoms with Crippen LogP contribution in [0.15, 0.2) is 47.6 Å². The minimum absolute atomic E-state index is 0.0839. The van der Waals surface area contributed by atoms with E-state index >= 15 is 0 Å². The Bertz CT molecular complexity index is 1290. The molecule has 1 aromatic heterocycles. The molecule has 0 radical (unpaired) electrons. The fraction of sp³-hybridized carbons (Fsp3) is 0.333. The van der Waals surface area contributed by atoms with Crippen LogP contribution in [-0.2, 0) is 16.1 Å². The molecule has 2 heterocycles. The van der Waals surface area contributed by atoms with Crippen LogP contribution in [0.3, 0.4) is 0 Å². The topological polar surface area (TPSA) is 125 Å². The van der Waals surface area contributed by atoms with Crippen LogP contribution in [0.5, 0.6) is 0 Å². The maximum Gasteiger partial charge on any atom is 0.326 e. The molecule has 10 nitrogen and oxygen atoms in total. The number of imide groups is 1. The van der Waals surface area contributed by atoms with Crippen molar-refractivity contribution in [1.82, 2.24) is 14.5 Å². The zero-order valence-corrected chi connectivity index (χ0v) is 20.1. The minimum atomic E-state index is -0.495. The number of thioether (sulfide) groups is 1. The molecule has 11 heteroatoms. The predicted octanol–water partition coefficient (Wildman–Crippen LogP) is 4.06. The van der Waals surface area contributed by atoms with E-state index in [1.165, 1.54) is 28.8 Å². The van der Waals surface area contributed by atoms with Crippen molar-refractivity contribution in [3.05, 3.63) is 63.7 Å². The summed E-state index contributed by atoms with van der Waals surface area (Å²) in [5.41, 5.74) is 1.71. The lowest BCUT2D eigenvalue weighted by molar-refractivity contribution is -0.384. The molecule has 1 atom stereocenters. The normalized spacial score (nSPS) is 13.8. The average molecular weight is 497 g/mol. The van der Waals surface area contributed by atoms with Crippen LogP contribution in [0.2, 0.25) is 0 Å². The van der Waals surface area contributed by atoms with Crippen LogP contribution in [0.1, 0.15) is 47.4 Å². The van der Waals surface area contributed by atoms with Gasteiger partial charge in [-0.2, -0.15) is 0 Å². The molecule has 0 saturated carbocycles. The number of hydrogen-bond acceptors (Lipinski definition) is 8. The highest BCUT2D eigenvalue weighted by Gasteiger charge is 2.34. The van der Waals surface area contributed by atoms with Crippen LogP contribution >= 0.6 is 11.8 Å². The van der Waals surface area contributed by atoms with Gasteiger partial charge in [-0.3, -0.25) is 29.4 Å². The number of carbonyl (C=O) groups excluding carboxylic acids is 3. The molecule has 1 aliphatic rings. The number of benzene rings is 2. The van der Waals surface area contributed by atoms with Crippen molar-refractivity contribution in [2.75, 3.05) is 12.3 Å². The van der Waals surface area contributed by atoms with E-state index < -0.39 is 10.9 Å². The van der Waals surface area contributed by atoms with Gasteiger partial charge < -0.3 is 9.30 Å². The van der Waals surface area contributed by atoms with Crippen molar-refractivity contribution in [3.8, 4) is 0 Å². The van der Waals surface area contributed by atoms with Crippen molar-refractivity contribution >= 4 is 46.3 Å². The van der Waals surface area contributed by atoms with Gasteiger partial charge in [0.25, 0.3) is 17.5 Å². The van der Waals surface area contributed by atoms with Gasteiger partial charge in [-0.05, 0) is 38.0 Å². The SMILES string of the molecule is CCC(C)OC(=O)Cn1c(SCCCN2C(=O)c3ccccc3C2=O)nc2cc([N+](=O)[O-])ccc21. The van der Waals surface area contributed by atoms with Crippen molar-refractivity contribution < 1.29 is 24.0 Å². The minimum Gasteiger partial charge on any atom is -0.461 e. The number of hydrogen-bond donors (Lipinski definition) is 0. The van der Waals surface area contributed by atoms with E-state index in [0.717, 1.165) is 0 Å². The molecular formula is C24H24N4O6S. The van der Waals surface area contributed by atoms with E-state index in [1.807, 2.05) is 13.8 Å². The second-order valence-corrected chi connectivity index (χ2v) is 9.19. The summed E-state index contributed by atoms with van der Waals surface area (Å²) in [6, 6.07) is 11.1. The standard InChI is InChI=1S/C24H24N4O6S/c1-3-15(2)34-21(29)14-27-20-10-9-16(28(32)33)13-19(20)25-24(27)35-12-6-11-26-22(30)17-7-4-5-8-18(17)23(26)31/h4-5,7-10,13,15H,3,6,11-12,14H2,1-2H3. The van der Waals surface area contributed by atoms with E-state index in [1.54, 1.807) is 34.9 Å². The van der Waals surface area contributed by atoms with Gasteiger partial charge in [-0.15, -0.1) is 0 Å². The first-order chi connectivity index (χ1) is 16.8. The fourth-order valence-corrected chi connectivity index (χ4v) is 4.71. The number of aromatic nitrogens is 2. The molecular weight excluding hydrogens is 472 g/mol. The zero-order chi connectivity index (χ0) is 25.1. The lowest BCUT2D eigenvalue weighted by atomic mass is 10.1. The summed E-state index contributed by atoms with van der Waals surface area (Å²) in [6.07, 6.45) is 0.966. The first-order valence-corrected chi connectivity index (χ1v) is 12.2. The molecule has 0 N–H and O–H groups in total. The lowest BCUT2D eigenvalue weighted by Gasteiger charge is -2.14. The van der Waals surface area contributed by atoms with Gasteiger partial charge in [0.15, 0.2) is 5.16 Å². The Morgan fingerprint density at radius 1 is 1.17 bits per heavy atom. The molecule has 4 rings (SSSR count). The quantitative estimate of drug-likeness (QED) is 0.103. The number of carbonyl (C=O) groups is 3. The Morgan fingerprint density at radius 2 is 1.86 bits per heavy atom. The van der Waals surface area contributed by atoms with E-state index in [9.17, 15) is 24.5 Å². The number of nitro groups is 1. The third-order valence-electron chi connectivity index (χ3n) is 5.74. The van der Waals surface area contributed by atoms with Gasteiger partial charge in [-0.25, -0.2) is 4.98 Å². The summed E-state index contributed by atoms with van der Waals surface area (Å²) in [4.78, 5) is 54.0. The van der Waals surface area contributed by atoms with Crippen molar-refractivity contribution in [2.24, 2.45) is 0 Å². The number of nitro benzene ring substituents is 1. The molecule has 2 aromatic carbocycles. The van der Waals surface area contributed by atoms with Gasteiger partial charge >= 0.3 is 5.97 Å².